The Morgan fingerprint density at radius 1 is 1.15 bits per heavy atom. The van der Waals surface area contributed by atoms with Crippen LogP contribution in [0.2, 0.25) is 0 Å². The number of hydrogen-bond donors (Lipinski definition) is 0. The molecule has 0 rings (SSSR count). The Hall–Kier alpha value is -0.440. The van der Waals surface area contributed by atoms with Crippen molar-refractivity contribution in [3.8, 4) is 0 Å². The van der Waals surface area contributed by atoms with E-state index in [0.29, 0.717) is 12.8 Å². The largest absolute Gasteiger partial charge is 0.513 e. The molecule has 0 heterocycles. The summed E-state index contributed by atoms with van der Waals surface area (Å²) in [6.07, 6.45) is 3.98. The summed E-state index contributed by atoms with van der Waals surface area (Å²) in [4.78, 5) is 0. The second-order valence-corrected chi connectivity index (χ2v) is 3.63. The van der Waals surface area contributed by atoms with Crippen LogP contribution in [0.5, 0.6) is 0 Å². The fourth-order valence-electron chi connectivity index (χ4n) is 0.527. The predicted molar refractivity (Wildman–Crippen MR) is 50.2 cm³/mol. The van der Waals surface area contributed by atoms with Gasteiger partial charge in [-0.15, -0.1) is 17.4 Å². The van der Waals surface area contributed by atoms with Crippen molar-refractivity contribution in [2.45, 2.75) is 12.8 Å². The van der Waals surface area contributed by atoms with Crippen LogP contribution in [0.25, 0.3) is 0 Å². The van der Waals surface area contributed by atoms with E-state index in [4.69, 9.17) is 0 Å². The van der Waals surface area contributed by atoms with E-state index in [2.05, 4.69) is 22.2 Å². The zero-order chi connectivity index (χ0) is 10.2. The summed E-state index contributed by atoms with van der Waals surface area (Å²) in [5, 5.41) is 0. The molecular weight excluding hydrogens is 194 g/mol. The smallest absolute Gasteiger partial charge is 0.283 e. The van der Waals surface area contributed by atoms with Gasteiger partial charge in [0, 0.05) is 0 Å². The molecular formula is C8H14FO3P. The lowest BCUT2D eigenvalue weighted by molar-refractivity contribution is 0.179. The maximum atomic E-state index is 12.8. The van der Waals surface area contributed by atoms with Crippen LogP contribution >= 0.6 is 7.91 Å². The zero-order valence-electron chi connectivity index (χ0n) is 7.45. The molecule has 0 N–H and O–H groups in total. The Balaban J connectivity index is 3.59. The molecule has 5 heteroatoms. The summed E-state index contributed by atoms with van der Waals surface area (Å²) in [5.74, 6) is 0. The van der Waals surface area contributed by atoms with Gasteiger partial charge in [0.15, 0.2) is 0 Å². The Bertz CT molecular complexity index is 188. The van der Waals surface area contributed by atoms with E-state index >= 15 is 0 Å². The molecule has 0 fully saturated rings. The van der Waals surface area contributed by atoms with Crippen LogP contribution < -0.4 is 0 Å². The third-order valence-corrected chi connectivity index (χ3v) is 2.12. The second kappa shape index (κ2) is 7.01. The fraction of sp³-hybridized carbons (Fsp3) is 0.500. The molecule has 0 saturated carbocycles. The van der Waals surface area contributed by atoms with E-state index in [-0.39, 0.29) is 13.2 Å². The summed E-state index contributed by atoms with van der Waals surface area (Å²) in [6, 6.07) is 0. The van der Waals surface area contributed by atoms with Gasteiger partial charge in [0.2, 0.25) is 0 Å². The van der Waals surface area contributed by atoms with Gasteiger partial charge in [-0.2, -0.15) is 0 Å². The quantitative estimate of drug-likeness (QED) is 0.349. The molecule has 0 spiro atoms. The normalized spacial score (nSPS) is 11.2. The summed E-state index contributed by atoms with van der Waals surface area (Å²) < 4.78 is 32.3. The third kappa shape index (κ3) is 7.91. The Labute approximate surface area is 77.9 Å². The van der Waals surface area contributed by atoms with Gasteiger partial charge in [-0.05, 0) is 12.8 Å². The average Bonchev–Trinajstić information content (AvgIpc) is 2.05. The van der Waals surface area contributed by atoms with Gasteiger partial charge < -0.3 is 0 Å². The topological polar surface area (TPSA) is 35.5 Å². The number of hydrogen-bond acceptors (Lipinski definition) is 3. The highest BCUT2D eigenvalue weighted by Gasteiger charge is 2.22. The first-order valence-corrected chi connectivity index (χ1v) is 5.36. The minimum atomic E-state index is -4.35. The predicted octanol–water partition coefficient (Wildman–Crippen LogP) is 3.25. The average molecular weight is 208 g/mol. The van der Waals surface area contributed by atoms with Crippen LogP contribution in [0, 0.1) is 0 Å². The van der Waals surface area contributed by atoms with Crippen LogP contribution in [0.3, 0.4) is 0 Å². The number of halogens is 1. The molecule has 0 aromatic rings. The van der Waals surface area contributed by atoms with Crippen LogP contribution in [0.1, 0.15) is 12.8 Å². The van der Waals surface area contributed by atoms with Crippen molar-refractivity contribution in [3.63, 3.8) is 0 Å². The Kier molecular flexibility index (Phi) is 6.77. The molecule has 0 saturated heterocycles. The third-order valence-electron chi connectivity index (χ3n) is 1.13. The molecule has 0 aliphatic heterocycles. The van der Waals surface area contributed by atoms with Gasteiger partial charge in [0.05, 0.1) is 13.2 Å². The molecule has 0 atom stereocenters. The van der Waals surface area contributed by atoms with E-state index < -0.39 is 7.91 Å². The lowest BCUT2D eigenvalue weighted by Crippen LogP contribution is -1.94. The van der Waals surface area contributed by atoms with Crippen molar-refractivity contribution < 1.29 is 17.8 Å². The van der Waals surface area contributed by atoms with Crippen LogP contribution in [0.4, 0.5) is 4.20 Å². The van der Waals surface area contributed by atoms with E-state index in [9.17, 15) is 8.76 Å². The van der Waals surface area contributed by atoms with Gasteiger partial charge in [0.25, 0.3) is 0 Å². The van der Waals surface area contributed by atoms with Gasteiger partial charge in [-0.1, -0.05) is 12.2 Å². The molecule has 0 aliphatic rings. The van der Waals surface area contributed by atoms with Crippen LogP contribution in [-0.2, 0) is 13.6 Å². The maximum absolute atomic E-state index is 12.8. The SMILES string of the molecule is C=CCCOP(=O)(F)OCCC=C. The van der Waals surface area contributed by atoms with E-state index in [0.717, 1.165) is 0 Å². The first-order valence-electron chi connectivity index (χ1n) is 3.93. The fourth-order valence-corrected chi connectivity index (χ4v) is 1.25. The molecule has 76 valence electrons. The second-order valence-electron chi connectivity index (χ2n) is 2.25. The minimum Gasteiger partial charge on any atom is -0.283 e. The lowest BCUT2D eigenvalue weighted by Gasteiger charge is -2.07. The van der Waals surface area contributed by atoms with Crippen LogP contribution in [-0.4, -0.2) is 13.2 Å². The Morgan fingerprint density at radius 2 is 1.54 bits per heavy atom. The maximum Gasteiger partial charge on any atom is 0.513 e. The first kappa shape index (κ1) is 12.6. The van der Waals surface area contributed by atoms with Gasteiger partial charge in [0.1, 0.15) is 0 Å². The van der Waals surface area contributed by atoms with Gasteiger partial charge in [-0.25, -0.2) is 4.57 Å². The van der Waals surface area contributed by atoms with Crippen molar-refractivity contribution in [1.29, 1.82) is 0 Å². The van der Waals surface area contributed by atoms with Crippen molar-refractivity contribution in [2.24, 2.45) is 0 Å². The molecule has 3 nitrogen and oxygen atoms in total. The first-order chi connectivity index (χ1) is 6.12. The summed E-state index contributed by atoms with van der Waals surface area (Å²) in [6.45, 7) is 6.86. The van der Waals surface area contributed by atoms with E-state index in [1.807, 2.05) is 0 Å². The van der Waals surface area contributed by atoms with Crippen LogP contribution in [0.15, 0.2) is 25.3 Å². The summed E-state index contributed by atoms with van der Waals surface area (Å²) >= 11 is 0. The zero-order valence-corrected chi connectivity index (χ0v) is 8.34. The lowest BCUT2D eigenvalue weighted by atomic mass is 10.5. The summed E-state index contributed by atoms with van der Waals surface area (Å²) in [7, 11) is -4.35. The van der Waals surface area contributed by atoms with Crippen molar-refractivity contribution in [3.05, 3.63) is 25.3 Å². The van der Waals surface area contributed by atoms with Gasteiger partial charge in [-0.3, -0.25) is 9.05 Å². The van der Waals surface area contributed by atoms with Gasteiger partial charge >= 0.3 is 7.91 Å². The highest BCUT2D eigenvalue weighted by molar-refractivity contribution is 7.48. The molecule has 0 aliphatic carbocycles. The van der Waals surface area contributed by atoms with E-state index in [1.165, 1.54) is 0 Å². The van der Waals surface area contributed by atoms with Crippen molar-refractivity contribution in [1.82, 2.24) is 0 Å². The molecule has 0 amide bonds. The van der Waals surface area contributed by atoms with Crippen molar-refractivity contribution >= 4 is 7.91 Å². The standard InChI is InChI=1S/C8H14FO3P/c1-3-5-7-11-13(9,10)12-8-6-4-2/h3-4H,1-2,5-8H2. The molecule has 0 radical (unpaired) electrons. The summed E-state index contributed by atoms with van der Waals surface area (Å²) in [5.41, 5.74) is 0. The highest BCUT2D eigenvalue weighted by atomic mass is 31.2. The molecule has 0 unspecified atom stereocenters. The number of rotatable bonds is 8. The molecule has 0 aromatic heterocycles. The monoisotopic (exact) mass is 208 g/mol. The molecule has 0 aromatic carbocycles. The minimum absolute atomic E-state index is 0.0192. The Morgan fingerprint density at radius 3 is 1.85 bits per heavy atom. The molecule has 0 bridgehead atoms. The molecule has 13 heavy (non-hydrogen) atoms. The van der Waals surface area contributed by atoms with Crippen molar-refractivity contribution in [2.75, 3.05) is 13.2 Å². The van der Waals surface area contributed by atoms with E-state index in [1.54, 1.807) is 12.2 Å². The highest BCUT2D eigenvalue weighted by Crippen LogP contribution is 2.49.